The van der Waals surface area contributed by atoms with Gasteiger partial charge < -0.3 is 0 Å². The predicted molar refractivity (Wildman–Crippen MR) is 101 cm³/mol. The zero-order valence-corrected chi connectivity index (χ0v) is 16.3. The maximum absolute atomic E-state index is 12.6. The van der Waals surface area contributed by atoms with E-state index >= 15 is 0 Å². The van der Waals surface area contributed by atoms with E-state index in [4.69, 9.17) is 0 Å². The third-order valence-corrected chi connectivity index (χ3v) is 6.37. The molecule has 2 aromatic rings. The molecule has 1 heterocycles. The van der Waals surface area contributed by atoms with Crippen molar-refractivity contribution in [2.24, 2.45) is 0 Å². The Hall–Kier alpha value is -1.40. The Kier molecular flexibility index (Phi) is 6.80. The summed E-state index contributed by atoms with van der Waals surface area (Å²) in [4.78, 5) is 4.58. The Balaban J connectivity index is 2.05. The summed E-state index contributed by atoms with van der Waals surface area (Å²) >= 11 is 1.36. The summed E-state index contributed by atoms with van der Waals surface area (Å²) in [6.45, 7) is 5.89. The first-order chi connectivity index (χ1) is 11.4. The molecular formula is C18H26N2O2S2. The Labute approximate surface area is 149 Å². The van der Waals surface area contributed by atoms with Gasteiger partial charge in [-0.2, -0.15) is 0 Å². The number of rotatable bonds is 9. The molecule has 0 saturated carbocycles. The minimum atomic E-state index is -3.56. The number of unbranched alkanes of at least 4 members (excludes halogenated alkanes) is 4. The number of anilines is 1. The highest BCUT2D eigenvalue weighted by Crippen LogP contribution is 2.26. The second-order valence-corrected chi connectivity index (χ2v) is 8.95. The molecule has 0 amide bonds. The first kappa shape index (κ1) is 18.9. The Morgan fingerprint density at radius 1 is 1.12 bits per heavy atom. The van der Waals surface area contributed by atoms with Crippen molar-refractivity contribution in [2.75, 3.05) is 4.72 Å². The third-order valence-electron chi connectivity index (χ3n) is 3.91. The van der Waals surface area contributed by atoms with Gasteiger partial charge >= 0.3 is 0 Å². The minimum Gasteiger partial charge on any atom is -0.269 e. The summed E-state index contributed by atoms with van der Waals surface area (Å²) in [5.41, 5.74) is 1.79. The third kappa shape index (κ3) is 5.31. The molecule has 0 aliphatic carbocycles. The van der Waals surface area contributed by atoms with Crippen molar-refractivity contribution in [3.63, 3.8) is 0 Å². The van der Waals surface area contributed by atoms with Crippen LogP contribution in [0.2, 0.25) is 0 Å². The van der Waals surface area contributed by atoms with Crippen molar-refractivity contribution in [3.05, 3.63) is 40.5 Å². The van der Waals surface area contributed by atoms with E-state index in [1.165, 1.54) is 37.0 Å². The van der Waals surface area contributed by atoms with Gasteiger partial charge in [0.15, 0.2) is 0 Å². The van der Waals surface area contributed by atoms with Crippen molar-refractivity contribution in [3.8, 4) is 0 Å². The smallest absolute Gasteiger partial charge is 0.262 e. The Bertz CT molecular complexity index is 767. The van der Waals surface area contributed by atoms with Gasteiger partial charge in [0.2, 0.25) is 0 Å². The summed E-state index contributed by atoms with van der Waals surface area (Å²) in [7, 11) is -3.56. The molecule has 0 saturated heterocycles. The fourth-order valence-electron chi connectivity index (χ4n) is 2.61. The largest absolute Gasteiger partial charge is 0.269 e. The molecule has 0 unspecified atom stereocenters. The van der Waals surface area contributed by atoms with E-state index in [0.717, 1.165) is 23.4 Å². The summed E-state index contributed by atoms with van der Waals surface area (Å²) in [6, 6.07) is 7.25. The lowest BCUT2D eigenvalue weighted by molar-refractivity contribution is 0.600. The predicted octanol–water partition coefficient (Wildman–Crippen LogP) is 5.07. The summed E-state index contributed by atoms with van der Waals surface area (Å²) in [5.74, 6) is 0. The van der Waals surface area contributed by atoms with Crippen molar-refractivity contribution in [1.29, 1.82) is 0 Å². The molecule has 0 atom stereocenters. The number of hydrogen-bond donors (Lipinski definition) is 1. The molecule has 0 fully saturated rings. The van der Waals surface area contributed by atoms with Gasteiger partial charge in [0.05, 0.1) is 15.6 Å². The summed E-state index contributed by atoms with van der Waals surface area (Å²) < 4.78 is 27.9. The number of hydrogen-bond acceptors (Lipinski definition) is 4. The number of aryl methyl sites for hydroxylation is 3. The van der Waals surface area contributed by atoms with Crippen molar-refractivity contribution < 1.29 is 8.42 Å². The maximum Gasteiger partial charge on any atom is 0.262 e. The average molecular weight is 367 g/mol. The van der Waals surface area contributed by atoms with Crippen LogP contribution in [0.3, 0.4) is 0 Å². The van der Waals surface area contributed by atoms with Crippen molar-refractivity contribution in [2.45, 2.75) is 64.2 Å². The molecule has 0 radical (unpaired) electrons. The molecule has 1 aromatic carbocycles. The lowest BCUT2D eigenvalue weighted by atomic mass is 10.1. The monoisotopic (exact) mass is 366 g/mol. The molecule has 6 heteroatoms. The second kappa shape index (κ2) is 8.62. The van der Waals surface area contributed by atoms with Gasteiger partial charge in [-0.3, -0.25) is 4.72 Å². The van der Waals surface area contributed by atoms with Crippen molar-refractivity contribution >= 4 is 26.4 Å². The zero-order chi connectivity index (χ0) is 17.6. The van der Waals surface area contributed by atoms with Gasteiger partial charge in [-0.15, -0.1) is 11.3 Å². The number of nitrogens with one attached hydrogen (secondary N) is 1. The standard InChI is InChI=1S/C18H26N2O2S2/c1-4-5-6-7-8-10-16-11-9-12-17(13-16)24(21,22)20-18-14(2)19-15(3)23-18/h9,11-13,20H,4-8,10H2,1-3H3. The van der Waals surface area contributed by atoms with Gasteiger partial charge in [-0.05, 0) is 44.4 Å². The molecule has 0 spiro atoms. The van der Waals surface area contributed by atoms with Crippen LogP contribution in [0, 0.1) is 13.8 Å². The maximum atomic E-state index is 12.6. The Morgan fingerprint density at radius 3 is 2.54 bits per heavy atom. The number of nitrogens with zero attached hydrogens (tertiary/aromatic N) is 1. The van der Waals surface area contributed by atoms with E-state index in [9.17, 15) is 8.42 Å². The first-order valence-corrected chi connectivity index (χ1v) is 10.8. The molecule has 1 aromatic heterocycles. The fourth-order valence-corrected chi connectivity index (χ4v) is 4.85. The van der Waals surface area contributed by atoms with Crippen LogP contribution in [0.4, 0.5) is 5.00 Å². The van der Waals surface area contributed by atoms with Crippen LogP contribution in [-0.2, 0) is 16.4 Å². The first-order valence-electron chi connectivity index (χ1n) is 8.48. The molecule has 0 aliphatic rings. The van der Waals surface area contributed by atoms with Crippen molar-refractivity contribution in [1.82, 2.24) is 4.98 Å². The molecular weight excluding hydrogens is 340 g/mol. The number of sulfonamides is 1. The molecule has 4 nitrogen and oxygen atoms in total. The topological polar surface area (TPSA) is 59.1 Å². The highest BCUT2D eigenvalue weighted by atomic mass is 32.2. The quantitative estimate of drug-likeness (QED) is 0.630. The van der Waals surface area contributed by atoms with E-state index in [1.807, 2.05) is 26.0 Å². The van der Waals surface area contributed by atoms with E-state index in [1.54, 1.807) is 12.1 Å². The highest BCUT2D eigenvalue weighted by molar-refractivity contribution is 7.93. The summed E-state index contributed by atoms with van der Waals surface area (Å²) in [6.07, 6.45) is 6.97. The average Bonchev–Trinajstić information content (AvgIpc) is 2.84. The molecule has 0 bridgehead atoms. The van der Waals surface area contributed by atoms with Crippen LogP contribution in [0.15, 0.2) is 29.2 Å². The zero-order valence-electron chi connectivity index (χ0n) is 14.6. The van der Waals surface area contributed by atoms with Crippen LogP contribution < -0.4 is 4.72 Å². The van der Waals surface area contributed by atoms with Gasteiger partial charge in [0.25, 0.3) is 10.0 Å². The van der Waals surface area contributed by atoms with Crippen LogP contribution in [0.1, 0.15) is 55.3 Å². The molecule has 0 aliphatic heterocycles. The van der Waals surface area contributed by atoms with Crippen LogP contribution >= 0.6 is 11.3 Å². The van der Waals surface area contributed by atoms with Gasteiger partial charge in [0, 0.05) is 0 Å². The van der Waals surface area contributed by atoms with Gasteiger partial charge in [-0.25, -0.2) is 13.4 Å². The van der Waals surface area contributed by atoms with E-state index in [0.29, 0.717) is 15.6 Å². The second-order valence-electron chi connectivity index (χ2n) is 6.06. The van der Waals surface area contributed by atoms with Gasteiger partial charge in [-0.1, -0.05) is 44.7 Å². The van der Waals surface area contributed by atoms with E-state index in [-0.39, 0.29) is 0 Å². The van der Waals surface area contributed by atoms with E-state index < -0.39 is 10.0 Å². The minimum absolute atomic E-state index is 0.319. The van der Waals surface area contributed by atoms with E-state index in [2.05, 4.69) is 16.6 Å². The van der Waals surface area contributed by atoms with Crippen LogP contribution in [-0.4, -0.2) is 13.4 Å². The fraction of sp³-hybridized carbons (Fsp3) is 0.500. The molecule has 1 N–H and O–H groups in total. The van der Waals surface area contributed by atoms with Gasteiger partial charge in [0.1, 0.15) is 5.00 Å². The van der Waals surface area contributed by atoms with Crippen LogP contribution in [0.5, 0.6) is 0 Å². The summed E-state index contributed by atoms with van der Waals surface area (Å²) in [5, 5.41) is 1.45. The number of benzene rings is 1. The normalized spacial score (nSPS) is 11.6. The molecule has 24 heavy (non-hydrogen) atoms. The van der Waals surface area contributed by atoms with Crippen LogP contribution in [0.25, 0.3) is 0 Å². The number of thiazole rings is 1. The highest BCUT2D eigenvalue weighted by Gasteiger charge is 2.17. The molecule has 132 valence electrons. The SMILES string of the molecule is CCCCCCCc1cccc(S(=O)(=O)Nc2sc(C)nc2C)c1. The molecule has 2 rings (SSSR count). The lowest BCUT2D eigenvalue weighted by Crippen LogP contribution is -2.13. The Morgan fingerprint density at radius 2 is 1.88 bits per heavy atom. The number of aromatic nitrogens is 1. The lowest BCUT2D eigenvalue weighted by Gasteiger charge is -2.08.